The maximum Gasteiger partial charge on any atom is 0.252 e. The number of phenols is 1. The van der Waals surface area contributed by atoms with Crippen LogP contribution in [0.2, 0.25) is 0 Å². The van der Waals surface area contributed by atoms with E-state index in [0.717, 1.165) is 5.56 Å². The Balaban J connectivity index is 1.64. The molecule has 0 fully saturated rings. The van der Waals surface area contributed by atoms with E-state index in [1.165, 1.54) is 24.3 Å². The Morgan fingerprint density at radius 3 is 2.52 bits per heavy atom. The molecule has 0 aliphatic carbocycles. The largest absolute Gasteiger partial charge is 0.507 e. The molecule has 1 unspecified atom stereocenters. The molecule has 9 heteroatoms. The molecule has 2 aromatic carbocycles. The van der Waals surface area contributed by atoms with E-state index in [1.54, 1.807) is 25.3 Å². The van der Waals surface area contributed by atoms with Gasteiger partial charge in [-0.25, -0.2) is 0 Å². The molecule has 2 aromatic rings. The van der Waals surface area contributed by atoms with Gasteiger partial charge in [0.1, 0.15) is 36.6 Å². The monoisotopic (exact) mass is 429 g/mol. The summed E-state index contributed by atoms with van der Waals surface area (Å²) in [6.45, 7) is 1.16. The number of primary amides is 1. The minimum atomic E-state index is -0.737. The highest BCUT2D eigenvalue weighted by molar-refractivity contribution is 5.95. The molecule has 2 rings (SSSR count). The molecule has 0 heterocycles. The Morgan fingerprint density at radius 2 is 1.84 bits per heavy atom. The zero-order valence-corrected chi connectivity index (χ0v) is 17.2. The number of hydrogen-bond acceptors (Lipinski definition) is 7. The average molecular weight is 429 g/mol. The second-order valence-corrected chi connectivity index (χ2v) is 6.58. The molecule has 9 nitrogen and oxygen atoms in total. The van der Waals surface area contributed by atoms with Crippen LogP contribution in [0.1, 0.15) is 15.9 Å². The van der Waals surface area contributed by atoms with Crippen LogP contribution in [0.3, 0.4) is 0 Å². The Labute approximate surface area is 180 Å². The summed E-state index contributed by atoms with van der Waals surface area (Å²) in [5, 5.41) is 25.1. The SMILES string of the molecule is CNC(=O)C=Cc1ccc(OCC(O)CNCCOc2ccc(O)c(C(N)=O)c2)cc1. The number of likely N-dealkylation sites (N-methyl/N-ethyl adjacent to an activating group) is 1. The molecule has 2 amide bonds. The Kier molecular flexibility index (Phi) is 9.34. The van der Waals surface area contributed by atoms with Gasteiger partial charge in [-0.2, -0.15) is 0 Å². The molecular weight excluding hydrogens is 402 g/mol. The van der Waals surface area contributed by atoms with Crippen LogP contribution in [0.15, 0.2) is 48.5 Å². The minimum absolute atomic E-state index is 0.00598. The van der Waals surface area contributed by atoms with Gasteiger partial charge >= 0.3 is 0 Å². The predicted molar refractivity (Wildman–Crippen MR) is 116 cm³/mol. The van der Waals surface area contributed by atoms with Crippen molar-refractivity contribution in [3.63, 3.8) is 0 Å². The highest BCUT2D eigenvalue weighted by Gasteiger charge is 2.09. The van der Waals surface area contributed by atoms with Gasteiger partial charge in [-0.05, 0) is 42.0 Å². The first-order valence-corrected chi connectivity index (χ1v) is 9.66. The molecule has 0 saturated carbocycles. The number of rotatable bonds is 12. The summed E-state index contributed by atoms with van der Waals surface area (Å²) in [5.74, 6) is -0.0990. The summed E-state index contributed by atoms with van der Waals surface area (Å²) < 4.78 is 11.0. The number of nitrogens with one attached hydrogen (secondary N) is 2. The van der Waals surface area contributed by atoms with Crippen molar-refractivity contribution in [1.82, 2.24) is 10.6 Å². The molecule has 31 heavy (non-hydrogen) atoms. The topological polar surface area (TPSA) is 143 Å². The number of carbonyl (C=O) groups excluding carboxylic acids is 2. The number of benzene rings is 2. The summed E-state index contributed by atoms with van der Waals surface area (Å²) >= 11 is 0. The number of aliphatic hydroxyl groups is 1. The number of amides is 2. The first-order valence-electron chi connectivity index (χ1n) is 9.66. The maximum absolute atomic E-state index is 11.2. The fraction of sp³-hybridized carbons (Fsp3) is 0.273. The van der Waals surface area contributed by atoms with Gasteiger partial charge in [0.15, 0.2) is 0 Å². The molecule has 166 valence electrons. The van der Waals surface area contributed by atoms with Crippen molar-refractivity contribution in [2.75, 3.05) is 33.4 Å². The molecular formula is C22H27N3O6. The van der Waals surface area contributed by atoms with Crippen LogP contribution in [-0.2, 0) is 4.79 Å². The lowest BCUT2D eigenvalue weighted by atomic mass is 10.2. The second kappa shape index (κ2) is 12.2. The first-order chi connectivity index (χ1) is 14.9. The van der Waals surface area contributed by atoms with E-state index in [0.29, 0.717) is 31.2 Å². The number of aliphatic hydroxyl groups excluding tert-OH is 1. The molecule has 0 spiro atoms. The maximum atomic E-state index is 11.2. The highest BCUT2D eigenvalue weighted by atomic mass is 16.5. The Hall–Kier alpha value is -3.56. The van der Waals surface area contributed by atoms with Crippen LogP contribution in [-0.4, -0.2) is 61.5 Å². The van der Waals surface area contributed by atoms with Gasteiger partial charge < -0.3 is 36.1 Å². The number of nitrogens with two attached hydrogens (primary N) is 1. The van der Waals surface area contributed by atoms with E-state index < -0.39 is 12.0 Å². The van der Waals surface area contributed by atoms with E-state index in [2.05, 4.69) is 10.6 Å². The van der Waals surface area contributed by atoms with Gasteiger partial charge in [0, 0.05) is 26.2 Å². The quantitative estimate of drug-likeness (QED) is 0.246. The summed E-state index contributed by atoms with van der Waals surface area (Å²) in [5.41, 5.74) is 6.03. The van der Waals surface area contributed by atoms with E-state index in [-0.39, 0.29) is 23.8 Å². The summed E-state index contributed by atoms with van der Waals surface area (Å²) in [6, 6.07) is 11.4. The summed E-state index contributed by atoms with van der Waals surface area (Å²) in [4.78, 5) is 22.4. The van der Waals surface area contributed by atoms with Crippen LogP contribution in [0.5, 0.6) is 17.2 Å². The molecule has 6 N–H and O–H groups in total. The van der Waals surface area contributed by atoms with Gasteiger partial charge in [-0.3, -0.25) is 9.59 Å². The number of carbonyl (C=O) groups is 2. The van der Waals surface area contributed by atoms with Gasteiger partial charge in [0.25, 0.3) is 5.91 Å². The zero-order chi connectivity index (χ0) is 22.6. The number of hydrogen-bond donors (Lipinski definition) is 5. The molecule has 0 radical (unpaired) electrons. The fourth-order valence-electron chi connectivity index (χ4n) is 2.49. The van der Waals surface area contributed by atoms with E-state index >= 15 is 0 Å². The minimum Gasteiger partial charge on any atom is -0.507 e. The summed E-state index contributed by atoms with van der Waals surface area (Å²) in [6.07, 6.45) is 2.41. The third-order valence-corrected chi connectivity index (χ3v) is 4.16. The lowest BCUT2D eigenvalue weighted by molar-refractivity contribution is -0.115. The molecule has 0 aliphatic heterocycles. The van der Waals surface area contributed by atoms with E-state index in [1.807, 2.05) is 12.1 Å². The van der Waals surface area contributed by atoms with Crippen molar-refractivity contribution in [3.05, 3.63) is 59.7 Å². The zero-order valence-electron chi connectivity index (χ0n) is 17.2. The van der Waals surface area contributed by atoms with Crippen molar-refractivity contribution in [1.29, 1.82) is 0 Å². The summed E-state index contributed by atoms with van der Waals surface area (Å²) in [7, 11) is 1.56. The standard InChI is InChI=1S/C22H27N3O6/c1-24-21(28)9-4-15-2-5-17(6-3-15)31-14-16(26)13-25-10-11-30-18-7-8-20(27)19(12-18)22(23)29/h2-9,12,16,25-27H,10-11,13-14H2,1H3,(H2,23,29)(H,24,28). The highest BCUT2D eigenvalue weighted by Crippen LogP contribution is 2.22. The normalized spacial score (nSPS) is 11.8. The van der Waals surface area contributed by atoms with Crippen LogP contribution >= 0.6 is 0 Å². The van der Waals surface area contributed by atoms with Crippen LogP contribution in [0.25, 0.3) is 6.08 Å². The molecule has 0 bridgehead atoms. The average Bonchev–Trinajstić information content (AvgIpc) is 2.77. The van der Waals surface area contributed by atoms with E-state index in [9.17, 15) is 19.8 Å². The van der Waals surface area contributed by atoms with Crippen LogP contribution < -0.4 is 25.8 Å². The van der Waals surface area contributed by atoms with Crippen molar-refractivity contribution >= 4 is 17.9 Å². The Morgan fingerprint density at radius 1 is 1.13 bits per heavy atom. The fourth-order valence-corrected chi connectivity index (χ4v) is 2.49. The smallest absolute Gasteiger partial charge is 0.252 e. The van der Waals surface area contributed by atoms with Crippen LogP contribution in [0, 0.1) is 0 Å². The van der Waals surface area contributed by atoms with Gasteiger partial charge in [-0.1, -0.05) is 12.1 Å². The first kappa shape index (κ1) is 23.7. The van der Waals surface area contributed by atoms with Crippen molar-refractivity contribution in [2.24, 2.45) is 5.73 Å². The van der Waals surface area contributed by atoms with Crippen molar-refractivity contribution in [3.8, 4) is 17.2 Å². The number of aromatic hydroxyl groups is 1. The van der Waals surface area contributed by atoms with E-state index in [4.69, 9.17) is 15.2 Å². The lowest BCUT2D eigenvalue weighted by Gasteiger charge is -2.14. The van der Waals surface area contributed by atoms with Gasteiger partial charge in [0.05, 0.1) is 5.56 Å². The molecule has 0 saturated heterocycles. The predicted octanol–water partition coefficient (Wildman–Crippen LogP) is 0.659. The van der Waals surface area contributed by atoms with Crippen molar-refractivity contribution in [2.45, 2.75) is 6.10 Å². The third-order valence-electron chi connectivity index (χ3n) is 4.16. The van der Waals surface area contributed by atoms with Crippen molar-refractivity contribution < 1.29 is 29.3 Å². The molecule has 1 atom stereocenters. The number of ether oxygens (including phenoxy) is 2. The lowest BCUT2D eigenvalue weighted by Crippen LogP contribution is -2.33. The van der Waals surface area contributed by atoms with Gasteiger partial charge in [-0.15, -0.1) is 0 Å². The molecule has 0 aliphatic rings. The van der Waals surface area contributed by atoms with Crippen LogP contribution in [0.4, 0.5) is 0 Å². The molecule has 0 aromatic heterocycles. The second-order valence-electron chi connectivity index (χ2n) is 6.58. The Bertz CT molecular complexity index is 899. The third kappa shape index (κ3) is 8.37. The van der Waals surface area contributed by atoms with Gasteiger partial charge in [0.2, 0.25) is 5.91 Å².